The molecular weight excluding hydrogens is 304 g/mol. The third-order valence-corrected chi connectivity index (χ3v) is 3.80. The Morgan fingerprint density at radius 3 is 2.52 bits per heavy atom. The van der Waals surface area contributed by atoms with Gasteiger partial charge in [0.25, 0.3) is 0 Å². The van der Waals surface area contributed by atoms with Crippen LogP contribution in [0.5, 0.6) is 5.75 Å². The molecule has 3 nitrogen and oxygen atoms in total. The highest BCUT2D eigenvalue weighted by molar-refractivity contribution is 7.80. The molecule has 2 aromatic carbocycles. The molecule has 122 valence electrons. The number of benzene rings is 2. The Bertz CT molecular complexity index is 683. The van der Waals surface area contributed by atoms with Crippen molar-refractivity contribution in [3.63, 3.8) is 0 Å². The van der Waals surface area contributed by atoms with Gasteiger partial charge in [-0.2, -0.15) is 0 Å². The van der Waals surface area contributed by atoms with E-state index < -0.39 is 0 Å². The van der Waals surface area contributed by atoms with Gasteiger partial charge in [0, 0.05) is 5.69 Å². The van der Waals surface area contributed by atoms with Crippen LogP contribution in [0.25, 0.3) is 0 Å². The van der Waals surface area contributed by atoms with Crippen molar-refractivity contribution in [3.8, 4) is 5.75 Å². The Hall–Kier alpha value is -2.07. The van der Waals surface area contributed by atoms with Gasteiger partial charge in [0.2, 0.25) is 0 Å². The van der Waals surface area contributed by atoms with Crippen LogP contribution in [0, 0.1) is 6.92 Å². The fourth-order valence-electron chi connectivity index (χ4n) is 2.46. The second-order valence-electron chi connectivity index (χ2n) is 5.70. The Labute approximate surface area is 144 Å². The predicted octanol–water partition coefficient (Wildman–Crippen LogP) is 5.33. The van der Waals surface area contributed by atoms with Crippen LogP contribution >= 0.6 is 12.2 Å². The molecule has 2 rings (SSSR count). The zero-order valence-electron chi connectivity index (χ0n) is 14.1. The van der Waals surface area contributed by atoms with E-state index in [-0.39, 0.29) is 0 Å². The average molecular weight is 328 g/mol. The molecule has 0 saturated heterocycles. The summed E-state index contributed by atoms with van der Waals surface area (Å²) < 4.78 is 5.62. The lowest BCUT2D eigenvalue weighted by atomic mass is 9.98. The van der Waals surface area contributed by atoms with E-state index in [9.17, 15) is 0 Å². The number of anilines is 2. The van der Waals surface area contributed by atoms with E-state index in [4.69, 9.17) is 17.0 Å². The second-order valence-corrected chi connectivity index (χ2v) is 6.11. The van der Waals surface area contributed by atoms with Crippen molar-refractivity contribution in [1.82, 2.24) is 0 Å². The molecule has 0 aromatic heterocycles. The van der Waals surface area contributed by atoms with Crippen molar-refractivity contribution < 1.29 is 4.74 Å². The highest BCUT2D eigenvalue weighted by Gasteiger charge is 2.11. The molecule has 0 heterocycles. The van der Waals surface area contributed by atoms with E-state index in [0.717, 1.165) is 17.1 Å². The number of nitrogens with one attached hydrogen (secondary N) is 2. The number of rotatable bonds is 5. The molecule has 0 radical (unpaired) electrons. The van der Waals surface area contributed by atoms with Gasteiger partial charge in [0.1, 0.15) is 5.75 Å². The molecule has 0 aliphatic carbocycles. The fraction of sp³-hybridized carbons (Fsp3) is 0.316. The maximum absolute atomic E-state index is 5.62. The first-order chi connectivity index (χ1) is 11.0. The molecule has 0 saturated carbocycles. The summed E-state index contributed by atoms with van der Waals surface area (Å²) in [5, 5.41) is 7.14. The van der Waals surface area contributed by atoms with E-state index in [2.05, 4.69) is 49.6 Å². The number of hydrogen-bond acceptors (Lipinski definition) is 2. The van der Waals surface area contributed by atoms with Crippen molar-refractivity contribution in [2.45, 2.75) is 33.6 Å². The van der Waals surface area contributed by atoms with E-state index in [1.54, 1.807) is 0 Å². The molecule has 0 spiro atoms. The lowest BCUT2D eigenvalue weighted by Crippen LogP contribution is -2.21. The lowest BCUT2D eigenvalue weighted by molar-refractivity contribution is 0.342. The van der Waals surface area contributed by atoms with Gasteiger partial charge in [0.05, 0.1) is 12.3 Å². The van der Waals surface area contributed by atoms with Gasteiger partial charge < -0.3 is 15.4 Å². The molecule has 0 unspecified atom stereocenters. The minimum Gasteiger partial charge on any atom is -0.492 e. The summed E-state index contributed by atoms with van der Waals surface area (Å²) in [7, 11) is 0. The molecule has 0 amide bonds. The topological polar surface area (TPSA) is 33.3 Å². The van der Waals surface area contributed by atoms with Crippen LogP contribution in [0.4, 0.5) is 11.4 Å². The molecule has 23 heavy (non-hydrogen) atoms. The molecule has 4 heteroatoms. The van der Waals surface area contributed by atoms with Gasteiger partial charge in [-0.25, -0.2) is 0 Å². The number of para-hydroxylation sites is 3. The average Bonchev–Trinajstić information content (AvgIpc) is 2.51. The Balaban J connectivity index is 2.18. The maximum Gasteiger partial charge on any atom is 0.175 e. The SMILES string of the molecule is CCOc1ccccc1NC(=S)Nc1c(C)cccc1C(C)C. The number of hydrogen-bond donors (Lipinski definition) is 2. The van der Waals surface area contributed by atoms with Gasteiger partial charge in [0.15, 0.2) is 5.11 Å². The van der Waals surface area contributed by atoms with Gasteiger partial charge in [-0.05, 0) is 55.2 Å². The van der Waals surface area contributed by atoms with Crippen LogP contribution in [0.3, 0.4) is 0 Å². The minimum absolute atomic E-state index is 0.427. The lowest BCUT2D eigenvalue weighted by Gasteiger charge is -2.19. The van der Waals surface area contributed by atoms with Crippen molar-refractivity contribution in [2.24, 2.45) is 0 Å². The second kappa shape index (κ2) is 7.97. The Morgan fingerprint density at radius 1 is 1.09 bits per heavy atom. The highest BCUT2D eigenvalue weighted by Crippen LogP contribution is 2.28. The third kappa shape index (κ3) is 4.45. The quantitative estimate of drug-likeness (QED) is 0.727. The normalized spacial score (nSPS) is 10.5. The minimum atomic E-state index is 0.427. The standard InChI is InChI=1S/C19H24N2OS/c1-5-22-17-12-7-6-11-16(17)20-19(23)21-18-14(4)9-8-10-15(18)13(2)3/h6-13H,5H2,1-4H3,(H2,20,21,23). The van der Waals surface area contributed by atoms with Crippen molar-refractivity contribution >= 4 is 28.7 Å². The molecule has 0 aliphatic rings. The summed E-state index contributed by atoms with van der Waals surface area (Å²) in [6, 6.07) is 14.1. The summed E-state index contributed by atoms with van der Waals surface area (Å²) in [6.07, 6.45) is 0. The summed E-state index contributed by atoms with van der Waals surface area (Å²) in [5.74, 6) is 1.23. The maximum atomic E-state index is 5.62. The molecule has 2 aromatic rings. The van der Waals surface area contributed by atoms with E-state index >= 15 is 0 Å². The molecular formula is C19H24N2OS. The first kappa shape index (κ1) is 17.3. The summed E-state index contributed by atoms with van der Waals surface area (Å²) in [5.41, 5.74) is 4.38. The number of aryl methyl sites for hydroxylation is 1. The summed E-state index contributed by atoms with van der Waals surface area (Å²) >= 11 is 5.49. The van der Waals surface area contributed by atoms with Crippen LogP contribution in [0.2, 0.25) is 0 Å². The third-order valence-electron chi connectivity index (χ3n) is 3.60. The van der Waals surface area contributed by atoms with Crippen LogP contribution in [-0.4, -0.2) is 11.7 Å². The Morgan fingerprint density at radius 2 is 1.83 bits per heavy atom. The number of ether oxygens (including phenoxy) is 1. The van der Waals surface area contributed by atoms with Crippen molar-refractivity contribution in [2.75, 3.05) is 17.2 Å². The first-order valence-corrected chi connectivity index (χ1v) is 8.33. The van der Waals surface area contributed by atoms with Gasteiger partial charge in [-0.1, -0.05) is 44.2 Å². The smallest absolute Gasteiger partial charge is 0.175 e. The predicted molar refractivity (Wildman–Crippen MR) is 103 cm³/mol. The zero-order chi connectivity index (χ0) is 16.8. The van der Waals surface area contributed by atoms with Crippen LogP contribution in [0.15, 0.2) is 42.5 Å². The van der Waals surface area contributed by atoms with Gasteiger partial charge >= 0.3 is 0 Å². The zero-order valence-corrected chi connectivity index (χ0v) is 15.0. The van der Waals surface area contributed by atoms with Crippen LogP contribution < -0.4 is 15.4 Å². The highest BCUT2D eigenvalue weighted by atomic mass is 32.1. The molecule has 2 N–H and O–H groups in total. The van der Waals surface area contributed by atoms with Crippen molar-refractivity contribution in [3.05, 3.63) is 53.6 Å². The molecule has 0 bridgehead atoms. The summed E-state index contributed by atoms with van der Waals surface area (Å²) in [6.45, 7) is 9.04. The van der Waals surface area contributed by atoms with E-state index in [0.29, 0.717) is 17.6 Å². The van der Waals surface area contributed by atoms with Crippen LogP contribution in [0.1, 0.15) is 37.8 Å². The fourth-order valence-corrected chi connectivity index (χ4v) is 2.67. The van der Waals surface area contributed by atoms with Crippen LogP contribution in [-0.2, 0) is 0 Å². The van der Waals surface area contributed by atoms with Gasteiger partial charge in [-0.15, -0.1) is 0 Å². The first-order valence-electron chi connectivity index (χ1n) is 7.92. The molecule has 0 atom stereocenters. The Kier molecular flexibility index (Phi) is 5.99. The van der Waals surface area contributed by atoms with Crippen molar-refractivity contribution in [1.29, 1.82) is 0 Å². The molecule has 0 aliphatic heterocycles. The van der Waals surface area contributed by atoms with E-state index in [1.807, 2.05) is 31.2 Å². The van der Waals surface area contributed by atoms with Gasteiger partial charge in [-0.3, -0.25) is 0 Å². The monoisotopic (exact) mass is 328 g/mol. The summed E-state index contributed by atoms with van der Waals surface area (Å²) in [4.78, 5) is 0. The molecule has 0 fully saturated rings. The largest absolute Gasteiger partial charge is 0.492 e. The number of thiocarbonyl (C=S) groups is 1. The van der Waals surface area contributed by atoms with E-state index in [1.165, 1.54) is 11.1 Å².